The van der Waals surface area contributed by atoms with Gasteiger partial charge in [-0.25, -0.2) is 8.42 Å². The van der Waals surface area contributed by atoms with Gasteiger partial charge in [0.2, 0.25) is 0 Å². The van der Waals surface area contributed by atoms with Crippen LogP contribution in [-0.4, -0.2) is 38.5 Å². The molecule has 9 heteroatoms. The zero-order valence-corrected chi connectivity index (χ0v) is 14.5. The molecule has 1 aromatic carbocycles. The van der Waals surface area contributed by atoms with E-state index in [9.17, 15) is 26.4 Å². The van der Waals surface area contributed by atoms with Crippen LogP contribution in [0, 0.1) is 0 Å². The Morgan fingerprint density at radius 1 is 1.16 bits per heavy atom. The minimum absolute atomic E-state index is 0.0193. The highest BCUT2D eigenvalue weighted by atomic mass is 32.2. The van der Waals surface area contributed by atoms with E-state index in [0.717, 1.165) is 37.8 Å². The van der Waals surface area contributed by atoms with Gasteiger partial charge in [0.1, 0.15) is 6.61 Å². The summed E-state index contributed by atoms with van der Waals surface area (Å²) in [5, 5.41) is 3.19. The smallest absolute Gasteiger partial charge is 0.382 e. The number of sulfone groups is 1. The lowest BCUT2D eigenvalue weighted by atomic mass is 9.92. The van der Waals surface area contributed by atoms with Gasteiger partial charge in [-0.1, -0.05) is 0 Å². The number of anilines is 1. The summed E-state index contributed by atoms with van der Waals surface area (Å²) in [5.41, 5.74) is -4.74. The third kappa shape index (κ3) is 5.18. The van der Waals surface area contributed by atoms with Gasteiger partial charge in [-0.3, -0.25) is 4.79 Å². The fourth-order valence-electron chi connectivity index (χ4n) is 2.71. The molecule has 0 bridgehead atoms. The van der Waals surface area contributed by atoms with Crippen molar-refractivity contribution in [3.63, 3.8) is 0 Å². The third-order valence-corrected chi connectivity index (χ3v) is 5.54. The van der Waals surface area contributed by atoms with E-state index < -0.39 is 20.2 Å². The minimum Gasteiger partial charge on any atom is -0.382 e. The van der Waals surface area contributed by atoms with Gasteiger partial charge in [0.15, 0.2) is 5.78 Å². The Morgan fingerprint density at radius 3 is 2.20 bits per heavy atom. The quantitative estimate of drug-likeness (QED) is 0.821. The first-order chi connectivity index (χ1) is 11.6. The Kier molecular flexibility index (Phi) is 6.10. The molecule has 0 aromatic heterocycles. The van der Waals surface area contributed by atoms with E-state index in [4.69, 9.17) is 4.74 Å². The van der Waals surface area contributed by atoms with Gasteiger partial charge in [0.25, 0.3) is 9.84 Å². The number of benzene rings is 1. The number of carbonyl (C=O) groups excluding carboxylic acids is 1. The van der Waals surface area contributed by atoms with E-state index >= 15 is 0 Å². The molecule has 1 fully saturated rings. The van der Waals surface area contributed by atoms with Crippen molar-refractivity contribution in [2.45, 2.75) is 55.2 Å². The lowest BCUT2D eigenvalue weighted by Gasteiger charge is -2.29. The molecule has 1 aromatic rings. The summed E-state index contributed by atoms with van der Waals surface area (Å²) < 4.78 is 65.6. The van der Waals surface area contributed by atoms with Crippen molar-refractivity contribution < 1.29 is 31.1 Å². The molecule has 0 aliphatic heterocycles. The normalized spacial score (nSPS) is 21.8. The molecule has 1 aliphatic rings. The van der Waals surface area contributed by atoms with Crippen LogP contribution in [0.4, 0.5) is 18.9 Å². The number of halogens is 3. The fraction of sp³-hybridized carbons (Fsp3) is 0.562. The lowest BCUT2D eigenvalue weighted by molar-refractivity contribution is -0.124. The molecule has 0 saturated heterocycles. The van der Waals surface area contributed by atoms with Gasteiger partial charge in [0, 0.05) is 11.7 Å². The molecule has 0 unspecified atom stereocenters. The molecule has 0 spiro atoms. The minimum atomic E-state index is -5.32. The molecule has 5 nitrogen and oxygen atoms in total. The Bertz CT molecular complexity index is 693. The van der Waals surface area contributed by atoms with E-state index in [2.05, 4.69) is 5.32 Å². The van der Waals surface area contributed by atoms with Crippen LogP contribution in [0.5, 0.6) is 0 Å². The van der Waals surface area contributed by atoms with Crippen molar-refractivity contribution >= 4 is 21.3 Å². The maximum Gasteiger partial charge on any atom is 0.501 e. The third-order valence-electron chi connectivity index (χ3n) is 4.04. The lowest BCUT2D eigenvalue weighted by Crippen LogP contribution is -2.30. The zero-order valence-electron chi connectivity index (χ0n) is 13.7. The average molecular weight is 379 g/mol. The maximum atomic E-state index is 12.5. The molecule has 140 valence electrons. The number of carbonyl (C=O) groups is 1. The first-order valence-corrected chi connectivity index (χ1v) is 9.37. The highest BCUT2D eigenvalue weighted by Gasteiger charge is 2.46. The van der Waals surface area contributed by atoms with Crippen LogP contribution in [-0.2, 0) is 19.4 Å². The van der Waals surface area contributed by atoms with Crippen LogP contribution < -0.4 is 5.32 Å². The first-order valence-electron chi connectivity index (χ1n) is 7.88. The second-order valence-electron chi connectivity index (χ2n) is 6.10. The van der Waals surface area contributed by atoms with Gasteiger partial charge in [-0.2, -0.15) is 13.2 Å². The number of hydrogen-bond acceptors (Lipinski definition) is 5. The number of nitrogens with one attached hydrogen (secondary N) is 1. The largest absolute Gasteiger partial charge is 0.501 e. The second kappa shape index (κ2) is 7.74. The summed E-state index contributed by atoms with van der Waals surface area (Å²) in [6, 6.07) is 4.69. The SMILES string of the molecule is CC(=O)COC1CCC(Nc2ccc(S(=O)(=O)C(F)(F)F)cc2)CC1. The van der Waals surface area contributed by atoms with Crippen molar-refractivity contribution in [1.82, 2.24) is 0 Å². The van der Waals surface area contributed by atoms with Crippen LogP contribution in [0.15, 0.2) is 29.2 Å². The molecule has 0 radical (unpaired) electrons. The van der Waals surface area contributed by atoms with Crippen LogP contribution in [0.1, 0.15) is 32.6 Å². The summed E-state index contributed by atoms with van der Waals surface area (Å²) in [7, 11) is -5.32. The number of rotatable bonds is 6. The van der Waals surface area contributed by atoms with Crippen molar-refractivity contribution in [1.29, 1.82) is 0 Å². The molecule has 0 atom stereocenters. The molecule has 2 rings (SSSR count). The maximum absolute atomic E-state index is 12.5. The Hall–Kier alpha value is -1.61. The van der Waals surface area contributed by atoms with Gasteiger partial charge < -0.3 is 10.1 Å². The van der Waals surface area contributed by atoms with Crippen LogP contribution in [0.25, 0.3) is 0 Å². The Morgan fingerprint density at radius 2 is 1.72 bits per heavy atom. The van der Waals surface area contributed by atoms with Crippen LogP contribution >= 0.6 is 0 Å². The van der Waals surface area contributed by atoms with Crippen LogP contribution in [0.3, 0.4) is 0 Å². The first kappa shape index (κ1) is 19.7. The van der Waals surface area contributed by atoms with Crippen molar-refractivity contribution in [3.05, 3.63) is 24.3 Å². The molecule has 1 aliphatic carbocycles. The summed E-state index contributed by atoms with van der Waals surface area (Å²) in [4.78, 5) is 10.1. The standard InChI is InChI=1S/C16H20F3NO4S/c1-11(21)10-24-14-6-2-12(3-7-14)20-13-4-8-15(9-5-13)25(22,23)16(17,18)19/h4-5,8-9,12,14,20H,2-3,6-7,10H2,1H3. The molecule has 0 amide bonds. The number of ketones is 1. The monoisotopic (exact) mass is 379 g/mol. The number of ether oxygens (including phenoxy) is 1. The van der Waals surface area contributed by atoms with Crippen molar-refractivity contribution in [2.75, 3.05) is 11.9 Å². The molecule has 1 N–H and O–H groups in total. The molecular formula is C16H20F3NO4S. The van der Waals surface area contributed by atoms with E-state index in [1.54, 1.807) is 0 Å². The van der Waals surface area contributed by atoms with Crippen LogP contribution in [0.2, 0.25) is 0 Å². The number of Topliss-reactive ketones (excluding diaryl/α,β-unsaturated/α-hetero) is 1. The van der Waals surface area contributed by atoms with E-state index in [1.165, 1.54) is 19.1 Å². The van der Waals surface area contributed by atoms with E-state index in [-0.39, 0.29) is 24.5 Å². The van der Waals surface area contributed by atoms with Crippen molar-refractivity contribution in [3.8, 4) is 0 Å². The summed E-state index contributed by atoms with van der Waals surface area (Å²) >= 11 is 0. The Labute approximate surface area is 144 Å². The predicted octanol–water partition coefficient (Wildman–Crippen LogP) is 3.31. The molecule has 25 heavy (non-hydrogen) atoms. The summed E-state index contributed by atoms with van der Waals surface area (Å²) in [6.45, 7) is 1.58. The summed E-state index contributed by atoms with van der Waals surface area (Å²) in [5.74, 6) is -0.0193. The molecule has 0 heterocycles. The van der Waals surface area contributed by atoms with Gasteiger partial charge in [-0.05, 0) is 56.9 Å². The highest BCUT2D eigenvalue weighted by Crippen LogP contribution is 2.31. The fourth-order valence-corrected chi connectivity index (χ4v) is 3.47. The number of alkyl halides is 3. The topological polar surface area (TPSA) is 72.5 Å². The van der Waals surface area contributed by atoms with Gasteiger partial charge >= 0.3 is 5.51 Å². The zero-order chi connectivity index (χ0) is 18.7. The van der Waals surface area contributed by atoms with E-state index in [0.29, 0.717) is 5.69 Å². The number of hydrogen-bond donors (Lipinski definition) is 1. The van der Waals surface area contributed by atoms with Gasteiger partial charge in [-0.15, -0.1) is 0 Å². The van der Waals surface area contributed by atoms with E-state index in [1.807, 2.05) is 0 Å². The average Bonchev–Trinajstić information content (AvgIpc) is 2.53. The summed E-state index contributed by atoms with van der Waals surface area (Å²) in [6.07, 6.45) is 3.20. The predicted molar refractivity (Wildman–Crippen MR) is 86.0 cm³/mol. The van der Waals surface area contributed by atoms with Crippen molar-refractivity contribution in [2.24, 2.45) is 0 Å². The van der Waals surface area contributed by atoms with Gasteiger partial charge in [0.05, 0.1) is 11.0 Å². The second-order valence-corrected chi connectivity index (χ2v) is 8.05. The molecular weight excluding hydrogens is 359 g/mol. The highest BCUT2D eigenvalue weighted by molar-refractivity contribution is 7.92. The Balaban J connectivity index is 1.90. The molecule has 1 saturated carbocycles.